The first-order valence-corrected chi connectivity index (χ1v) is 4.74. The van der Waals surface area contributed by atoms with Crippen molar-refractivity contribution < 1.29 is 14.1 Å². The van der Waals surface area contributed by atoms with Crippen LogP contribution in [-0.2, 0) is 11.3 Å². The van der Waals surface area contributed by atoms with E-state index < -0.39 is 10.8 Å². The lowest BCUT2D eigenvalue weighted by Gasteiger charge is -2.09. The zero-order valence-electron chi connectivity index (χ0n) is 8.80. The van der Waals surface area contributed by atoms with Crippen LogP contribution in [0, 0.1) is 10.1 Å². The number of hydrogen-bond acceptors (Lipinski definition) is 5. The van der Waals surface area contributed by atoms with Crippen LogP contribution in [0.3, 0.4) is 0 Å². The molecule has 1 aromatic heterocycles. The molecule has 0 fully saturated rings. The van der Waals surface area contributed by atoms with Crippen molar-refractivity contribution in [1.82, 2.24) is 5.32 Å². The van der Waals surface area contributed by atoms with E-state index in [9.17, 15) is 14.9 Å². The van der Waals surface area contributed by atoms with Crippen LogP contribution in [-0.4, -0.2) is 16.9 Å². The number of carbonyl (C=O) groups excluding carboxylic acids is 1. The number of nitrogens with one attached hydrogen (secondary N) is 1. The summed E-state index contributed by atoms with van der Waals surface area (Å²) in [5.74, 6) is -0.243. The second-order valence-corrected chi connectivity index (χ2v) is 3.45. The number of carbonyl (C=O) groups is 1. The Balaban J connectivity index is 2.42. The molecule has 0 spiro atoms. The molecule has 0 radical (unpaired) electrons. The average molecular weight is 227 g/mol. The lowest BCUT2D eigenvalue weighted by atomic mass is 10.2. The van der Waals surface area contributed by atoms with E-state index in [2.05, 4.69) is 5.32 Å². The molecular weight excluding hydrogens is 214 g/mol. The molecule has 0 saturated carbocycles. The molecule has 0 aliphatic carbocycles. The van der Waals surface area contributed by atoms with Gasteiger partial charge in [0.2, 0.25) is 5.91 Å². The van der Waals surface area contributed by atoms with Crippen LogP contribution >= 0.6 is 0 Å². The van der Waals surface area contributed by atoms with E-state index in [1.54, 1.807) is 6.92 Å². The van der Waals surface area contributed by atoms with Crippen molar-refractivity contribution in [2.75, 3.05) is 0 Å². The number of primary amides is 1. The van der Waals surface area contributed by atoms with Gasteiger partial charge in [0.1, 0.15) is 10.7 Å². The Bertz CT molecular complexity index is 388. The normalized spacial score (nSPS) is 12.3. The van der Waals surface area contributed by atoms with Gasteiger partial charge in [0.15, 0.2) is 0 Å². The maximum atomic E-state index is 10.6. The Kier molecular flexibility index (Phi) is 4.01. The van der Waals surface area contributed by atoms with Gasteiger partial charge in [-0.25, -0.2) is 0 Å². The van der Waals surface area contributed by atoms with Crippen LogP contribution in [0.1, 0.15) is 19.1 Å². The van der Waals surface area contributed by atoms with E-state index in [4.69, 9.17) is 10.2 Å². The number of furan rings is 1. The molecule has 16 heavy (non-hydrogen) atoms. The Morgan fingerprint density at radius 2 is 2.38 bits per heavy atom. The minimum atomic E-state index is -0.601. The summed E-state index contributed by atoms with van der Waals surface area (Å²) in [5.41, 5.74) is 5.01. The van der Waals surface area contributed by atoms with Gasteiger partial charge in [-0.1, -0.05) is 0 Å². The molecule has 3 N–H and O–H groups in total. The molecule has 7 heteroatoms. The van der Waals surface area contributed by atoms with Crippen molar-refractivity contribution in [3.05, 3.63) is 28.0 Å². The fraction of sp³-hybridized carbons (Fsp3) is 0.444. The van der Waals surface area contributed by atoms with Crippen LogP contribution in [0.2, 0.25) is 0 Å². The summed E-state index contributed by atoms with van der Waals surface area (Å²) in [7, 11) is 0. The zero-order chi connectivity index (χ0) is 12.1. The highest BCUT2D eigenvalue weighted by molar-refractivity contribution is 5.74. The minimum absolute atomic E-state index is 0.0957. The zero-order valence-corrected chi connectivity index (χ0v) is 8.80. The van der Waals surface area contributed by atoms with Crippen molar-refractivity contribution >= 4 is 11.8 Å². The van der Waals surface area contributed by atoms with Crippen LogP contribution in [0.15, 0.2) is 16.5 Å². The third kappa shape index (κ3) is 3.70. The topological polar surface area (TPSA) is 111 Å². The van der Waals surface area contributed by atoms with Gasteiger partial charge in [-0.2, -0.15) is 0 Å². The second kappa shape index (κ2) is 5.26. The smallest absolute Gasteiger partial charge is 0.404 e. The third-order valence-electron chi connectivity index (χ3n) is 1.96. The van der Waals surface area contributed by atoms with Gasteiger partial charge in [-0.05, 0) is 13.0 Å². The molecule has 1 unspecified atom stereocenters. The number of hydrogen-bond donors (Lipinski definition) is 2. The quantitative estimate of drug-likeness (QED) is 0.544. The van der Waals surface area contributed by atoms with Crippen molar-refractivity contribution in [2.24, 2.45) is 5.73 Å². The Morgan fingerprint density at radius 3 is 2.88 bits per heavy atom. The molecular formula is C9H13N3O4. The van der Waals surface area contributed by atoms with Gasteiger partial charge < -0.3 is 15.5 Å². The highest BCUT2D eigenvalue weighted by atomic mass is 16.6. The van der Waals surface area contributed by atoms with Gasteiger partial charge in [0.05, 0.1) is 12.6 Å². The fourth-order valence-electron chi connectivity index (χ4n) is 1.21. The summed E-state index contributed by atoms with van der Waals surface area (Å²) in [4.78, 5) is 20.3. The first-order chi connectivity index (χ1) is 7.49. The highest BCUT2D eigenvalue weighted by Crippen LogP contribution is 2.15. The molecule has 1 rings (SSSR count). The lowest BCUT2D eigenvalue weighted by Crippen LogP contribution is -2.30. The summed E-state index contributed by atoms with van der Waals surface area (Å²) in [6.07, 6.45) is 0.211. The molecule has 88 valence electrons. The van der Waals surface area contributed by atoms with Crippen molar-refractivity contribution in [2.45, 2.75) is 25.9 Å². The molecule has 0 aliphatic rings. The second-order valence-electron chi connectivity index (χ2n) is 3.45. The number of amides is 1. The van der Waals surface area contributed by atoms with E-state index in [1.165, 1.54) is 12.1 Å². The largest absolute Gasteiger partial charge is 0.433 e. The lowest BCUT2D eigenvalue weighted by molar-refractivity contribution is -0.402. The van der Waals surface area contributed by atoms with E-state index in [1.807, 2.05) is 0 Å². The van der Waals surface area contributed by atoms with Gasteiger partial charge >= 0.3 is 5.88 Å². The number of rotatable bonds is 6. The summed E-state index contributed by atoms with van der Waals surface area (Å²) < 4.78 is 4.92. The molecule has 1 aromatic rings. The van der Waals surface area contributed by atoms with E-state index in [0.29, 0.717) is 12.3 Å². The van der Waals surface area contributed by atoms with Gasteiger partial charge in [-0.15, -0.1) is 0 Å². The molecule has 1 amide bonds. The first kappa shape index (κ1) is 12.2. The monoisotopic (exact) mass is 227 g/mol. The summed E-state index contributed by atoms with van der Waals surface area (Å²) >= 11 is 0. The fourth-order valence-corrected chi connectivity index (χ4v) is 1.21. The first-order valence-electron chi connectivity index (χ1n) is 4.74. The molecule has 0 aliphatic heterocycles. The van der Waals surface area contributed by atoms with Crippen molar-refractivity contribution in [1.29, 1.82) is 0 Å². The van der Waals surface area contributed by atoms with E-state index in [0.717, 1.165) is 0 Å². The van der Waals surface area contributed by atoms with Crippen LogP contribution in [0.25, 0.3) is 0 Å². The van der Waals surface area contributed by atoms with Gasteiger partial charge in [0, 0.05) is 12.5 Å². The Labute approximate surface area is 91.8 Å². The standard InChI is InChI=1S/C9H13N3O4/c1-6(4-8(10)13)11-5-7-2-3-9(16-7)12(14)15/h2-3,6,11H,4-5H2,1H3,(H2,10,13). The molecule has 0 saturated heterocycles. The highest BCUT2D eigenvalue weighted by Gasteiger charge is 2.12. The SMILES string of the molecule is CC(CC(N)=O)NCc1ccc([N+](=O)[O-])o1. The summed E-state index contributed by atoms with van der Waals surface area (Å²) in [6, 6.07) is 2.71. The number of nitrogens with two attached hydrogens (primary N) is 1. The molecule has 1 heterocycles. The number of nitrogens with zero attached hydrogens (tertiary/aromatic N) is 1. The predicted octanol–water partition coefficient (Wildman–Crippen LogP) is 0.541. The van der Waals surface area contributed by atoms with E-state index in [-0.39, 0.29) is 18.3 Å². The van der Waals surface area contributed by atoms with Crippen molar-refractivity contribution in [3.63, 3.8) is 0 Å². The molecule has 7 nitrogen and oxygen atoms in total. The number of nitro groups is 1. The maximum absolute atomic E-state index is 10.6. The molecule has 0 aromatic carbocycles. The molecule has 0 bridgehead atoms. The van der Waals surface area contributed by atoms with Crippen LogP contribution in [0.5, 0.6) is 0 Å². The minimum Gasteiger partial charge on any atom is -0.404 e. The summed E-state index contributed by atoms with van der Waals surface area (Å²) in [6.45, 7) is 2.12. The van der Waals surface area contributed by atoms with Crippen molar-refractivity contribution in [3.8, 4) is 0 Å². The summed E-state index contributed by atoms with van der Waals surface area (Å²) in [5, 5.41) is 13.3. The third-order valence-corrected chi connectivity index (χ3v) is 1.96. The van der Waals surface area contributed by atoms with Gasteiger partial charge in [0.25, 0.3) is 0 Å². The van der Waals surface area contributed by atoms with Crippen LogP contribution in [0.4, 0.5) is 5.88 Å². The van der Waals surface area contributed by atoms with E-state index >= 15 is 0 Å². The molecule has 1 atom stereocenters. The Hall–Kier alpha value is -1.89. The maximum Gasteiger partial charge on any atom is 0.433 e. The average Bonchev–Trinajstić information content (AvgIpc) is 2.61. The Morgan fingerprint density at radius 1 is 1.69 bits per heavy atom. The van der Waals surface area contributed by atoms with Crippen LogP contribution < -0.4 is 11.1 Å². The van der Waals surface area contributed by atoms with Gasteiger partial charge in [-0.3, -0.25) is 14.9 Å². The predicted molar refractivity (Wildman–Crippen MR) is 55.5 cm³/mol.